The number of carbonyl (C=O) groups excluding carboxylic acids is 2. The number of halogens is 1. The third-order valence-corrected chi connectivity index (χ3v) is 6.41. The predicted octanol–water partition coefficient (Wildman–Crippen LogP) is 6.14. The lowest BCUT2D eigenvalue weighted by atomic mass is 9.68. The van der Waals surface area contributed by atoms with Crippen molar-refractivity contribution in [3.8, 4) is 5.75 Å². The molecule has 1 atom stereocenters. The van der Waals surface area contributed by atoms with Gasteiger partial charge in [0, 0.05) is 10.7 Å². The molecule has 0 heterocycles. The van der Waals surface area contributed by atoms with E-state index in [9.17, 15) is 9.59 Å². The molecule has 166 valence electrons. The van der Waals surface area contributed by atoms with Gasteiger partial charge in [-0.3, -0.25) is 4.79 Å². The van der Waals surface area contributed by atoms with Crippen molar-refractivity contribution in [3.05, 3.63) is 58.6 Å². The van der Waals surface area contributed by atoms with Crippen LogP contribution in [0, 0.1) is 0 Å². The number of benzene rings is 2. The van der Waals surface area contributed by atoms with Gasteiger partial charge in [-0.05, 0) is 56.0 Å². The molecular weight excluding hydrogens is 414 g/mol. The molecule has 2 aromatic rings. The molecule has 2 aromatic carbocycles. The maximum Gasteiger partial charge on any atom is 0.341 e. The number of methoxy groups -OCH3 is 1. The van der Waals surface area contributed by atoms with E-state index in [4.69, 9.17) is 21.1 Å². The molecule has 1 amide bonds. The van der Waals surface area contributed by atoms with E-state index in [1.54, 1.807) is 18.2 Å². The van der Waals surface area contributed by atoms with E-state index in [-0.39, 0.29) is 17.6 Å². The van der Waals surface area contributed by atoms with Crippen LogP contribution in [0.5, 0.6) is 5.75 Å². The number of hydrogen-bond acceptors (Lipinski definition) is 4. The van der Waals surface area contributed by atoms with Crippen molar-refractivity contribution in [2.24, 2.45) is 0 Å². The maximum absolute atomic E-state index is 13.6. The van der Waals surface area contributed by atoms with Crippen LogP contribution in [-0.2, 0) is 14.9 Å². The topological polar surface area (TPSA) is 64.6 Å². The second-order valence-electron chi connectivity index (χ2n) is 8.12. The first-order chi connectivity index (χ1) is 14.9. The van der Waals surface area contributed by atoms with E-state index in [0.29, 0.717) is 16.5 Å². The Labute approximate surface area is 189 Å². The molecular formula is C25H30ClNO4. The molecule has 0 aliphatic heterocycles. The van der Waals surface area contributed by atoms with Crippen LogP contribution in [0.4, 0.5) is 5.69 Å². The number of hydrogen-bond donors (Lipinski definition) is 1. The Kier molecular flexibility index (Phi) is 7.60. The zero-order valence-electron chi connectivity index (χ0n) is 18.4. The van der Waals surface area contributed by atoms with Crippen molar-refractivity contribution in [3.63, 3.8) is 0 Å². The number of anilines is 1. The first-order valence-electron chi connectivity index (χ1n) is 10.9. The minimum absolute atomic E-state index is 0.0467. The zero-order valence-corrected chi connectivity index (χ0v) is 19.1. The van der Waals surface area contributed by atoms with E-state index >= 15 is 0 Å². The minimum atomic E-state index is -0.687. The van der Waals surface area contributed by atoms with E-state index < -0.39 is 11.4 Å². The molecule has 6 heteroatoms. The van der Waals surface area contributed by atoms with Crippen LogP contribution in [0.3, 0.4) is 0 Å². The first kappa shape index (κ1) is 23.1. The average Bonchev–Trinajstić information content (AvgIpc) is 2.80. The largest absolute Gasteiger partial charge is 0.490 e. The Hall–Kier alpha value is -2.53. The van der Waals surface area contributed by atoms with Crippen LogP contribution in [-0.4, -0.2) is 25.1 Å². The lowest BCUT2D eigenvalue weighted by Crippen LogP contribution is -2.42. The van der Waals surface area contributed by atoms with Gasteiger partial charge in [0.2, 0.25) is 5.91 Å². The standard InChI is InChI=1S/C25H30ClNO4/c1-4-17(2)31-22-13-12-18(16-19(22)23(28)30-3)27-24(29)25(14-8-5-9-15-25)20-10-6-7-11-21(20)26/h6-7,10-13,16-17H,4-5,8-9,14-15H2,1-3H3,(H,27,29)/t17-/m1/s1. The summed E-state index contributed by atoms with van der Waals surface area (Å²) in [6.07, 6.45) is 5.27. The van der Waals surface area contributed by atoms with Gasteiger partial charge in [-0.1, -0.05) is 56.0 Å². The van der Waals surface area contributed by atoms with Crippen molar-refractivity contribution >= 4 is 29.2 Å². The molecule has 0 saturated heterocycles. The Morgan fingerprint density at radius 1 is 1.13 bits per heavy atom. The molecule has 1 aliphatic rings. The van der Waals surface area contributed by atoms with Gasteiger partial charge in [-0.25, -0.2) is 4.79 Å². The zero-order chi connectivity index (χ0) is 22.4. The second kappa shape index (κ2) is 10.2. The van der Waals surface area contributed by atoms with Crippen molar-refractivity contribution < 1.29 is 19.1 Å². The van der Waals surface area contributed by atoms with Crippen LogP contribution in [0.25, 0.3) is 0 Å². The molecule has 0 aromatic heterocycles. The SMILES string of the molecule is CC[C@@H](C)Oc1ccc(NC(=O)C2(c3ccccc3Cl)CCCCC2)cc1C(=O)OC. The smallest absolute Gasteiger partial charge is 0.341 e. The fraction of sp³-hybridized carbons (Fsp3) is 0.440. The lowest BCUT2D eigenvalue weighted by molar-refractivity contribution is -0.122. The molecule has 0 radical (unpaired) electrons. The maximum atomic E-state index is 13.6. The van der Waals surface area contributed by atoms with E-state index in [1.807, 2.05) is 38.1 Å². The summed E-state index contributed by atoms with van der Waals surface area (Å²) in [5, 5.41) is 3.63. The van der Waals surface area contributed by atoms with Gasteiger partial charge in [-0.15, -0.1) is 0 Å². The molecule has 0 spiro atoms. The highest BCUT2D eigenvalue weighted by molar-refractivity contribution is 6.31. The Morgan fingerprint density at radius 3 is 2.48 bits per heavy atom. The number of esters is 1. The summed E-state index contributed by atoms with van der Waals surface area (Å²) in [6, 6.07) is 12.6. The van der Waals surface area contributed by atoms with Crippen LogP contribution < -0.4 is 10.1 Å². The summed E-state index contributed by atoms with van der Waals surface area (Å²) in [5.74, 6) is -0.169. The van der Waals surface area contributed by atoms with Crippen molar-refractivity contribution in [1.29, 1.82) is 0 Å². The van der Waals surface area contributed by atoms with E-state index in [1.165, 1.54) is 7.11 Å². The summed E-state index contributed by atoms with van der Waals surface area (Å²) in [7, 11) is 1.33. The molecule has 3 rings (SSSR count). The number of nitrogens with one attached hydrogen (secondary N) is 1. The van der Waals surface area contributed by atoms with Gasteiger partial charge < -0.3 is 14.8 Å². The third-order valence-electron chi connectivity index (χ3n) is 6.08. The van der Waals surface area contributed by atoms with E-state index in [2.05, 4.69) is 5.32 Å². The highest BCUT2D eigenvalue weighted by atomic mass is 35.5. The minimum Gasteiger partial charge on any atom is -0.490 e. The number of amides is 1. The Balaban J connectivity index is 1.93. The van der Waals surface area contributed by atoms with Crippen LogP contribution in [0.2, 0.25) is 5.02 Å². The van der Waals surface area contributed by atoms with Gasteiger partial charge in [0.15, 0.2) is 0 Å². The summed E-state index contributed by atoms with van der Waals surface area (Å²) in [4.78, 5) is 25.9. The average molecular weight is 444 g/mol. The van der Waals surface area contributed by atoms with Gasteiger partial charge in [-0.2, -0.15) is 0 Å². The van der Waals surface area contributed by atoms with E-state index in [0.717, 1.165) is 44.1 Å². The Bertz CT molecular complexity index is 937. The van der Waals surface area contributed by atoms with Gasteiger partial charge in [0.05, 0.1) is 18.6 Å². The molecule has 0 unspecified atom stereocenters. The van der Waals surface area contributed by atoms with Gasteiger partial charge >= 0.3 is 5.97 Å². The fourth-order valence-electron chi connectivity index (χ4n) is 4.15. The summed E-state index contributed by atoms with van der Waals surface area (Å²) in [6.45, 7) is 3.95. The molecule has 0 bridgehead atoms. The molecule has 1 aliphatic carbocycles. The number of carbonyl (C=O) groups is 2. The van der Waals surface area contributed by atoms with Crippen molar-refractivity contribution in [2.75, 3.05) is 12.4 Å². The molecule has 1 saturated carbocycles. The number of ether oxygens (including phenoxy) is 2. The van der Waals surface area contributed by atoms with Crippen LogP contribution >= 0.6 is 11.6 Å². The number of rotatable bonds is 7. The van der Waals surface area contributed by atoms with Crippen molar-refractivity contribution in [2.45, 2.75) is 63.9 Å². The lowest BCUT2D eigenvalue weighted by Gasteiger charge is -2.37. The quantitative estimate of drug-likeness (QED) is 0.521. The normalized spacial score (nSPS) is 16.3. The molecule has 5 nitrogen and oxygen atoms in total. The highest BCUT2D eigenvalue weighted by Gasteiger charge is 2.42. The monoisotopic (exact) mass is 443 g/mol. The summed E-state index contributed by atoms with van der Waals surface area (Å²) < 4.78 is 10.8. The highest BCUT2D eigenvalue weighted by Crippen LogP contribution is 2.43. The van der Waals surface area contributed by atoms with Gasteiger partial charge in [0.25, 0.3) is 0 Å². The third kappa shape index (κ3) is 5.04. The fourth-order valence-corrected chi connectivity index (χ4v) is 4.47. The first-order valence-corrected chi connectivity index (χ1v) is 11.2. The summed E-state index contributed by atoms with van der Waals surface area (Å²) in [5.41, 5.74) is 0.988. The predicted molar refractivity (Wildman–Crippen MR) is 123 cm³/mol. The summed E-state index contributed by atoms with van der Waals surface area (Å²) >= 11 is 6.50. The molecule has 31 heavy (non-hydrogen) atoms. The van der Waals surface area contributed by atoms with Crippen LogP contribution in [0.15, 0.2) is 42.5 Å². The van der Waals surface area contributed by atoms with Crippen LogP contribution in [0.1, 0.15) is 68.3 Å². The van der Waals surface area contributed by atoms with Crippen molar-refractivity contribution in [1.82, 2.24) is 0 Å². The molecule has 1 N–H and O–H groups in total. The molecule has 1 fully saturated rings. The Morgan fingerprint density at radius 2 is 1.84 bits per heavy atom. The van der Waals surface area contributed by atoms with Gasteiger partial charge in [0.1, 0.15) is 11.3 Å². The second-order valence-corrected chi connectivity index (χ2v) is 8.52.